The monoisotopic (exact) mass is 385 g/mol. The molecule has 1 aliphatic rings. The van der Waals surface area contributed by atoms with Crippen LogP contribution in [0.25, 0.3) is 12.7 Å². The van der Waals surface area contributed by atoms with Crippen LogP contribution in [0.1, 0.15) is 44.1 Å². The van der Waals surface area contributed by atoms with Crippen molar-refractivity contribution in [2.45, 2.75) is 38.5 Å². The molecule has 2 aromatic rings. The van der Waals surface area contributed by atoms with Gasteiger partial charge in [-0.25, -0.2) is 0 Å². The Morgan fingerprint density at radius 2 is 1.86 bits per heavy atom. The number of nitrogens with zero attached hydrogens (tertiary/aromatic N) is 1. The number of hydrogen-bond acceptors (Lipinski definition) is 5. The van der Waals surface area contributed by atoms with Crippen molar-refractivity contribution in [1.82, 2.24) is 9.97 Å². The Morgan fingerprint density at radius 3 is 2.50 bits per heavy atom. The lowest BCUT2D eigenvalue weighted by atomic mass is 9.87. The minimum Gasteiger partial charge on any atom is -0.487 e. The largest absolute Gasteiger partial charge is 0.487 e. The summed E-state index contributed by atoms with van der Waals surface area (Å²) in [6, 6.07) is 4.38. The molecule has 0 radical (unpaired) electrons. The number of aromatic nitrogens is 2. The summed E-state index contributed by atoms with van der Waals surface area (Å²) in [5.41, 5.74) is -0.952. The smallest absolute Gasteiger partial charge is 0.311 e. The second-order valence-corrected chi connectivity index (χ2v) is 7.07. The fraction of sp³-hybridized carbons (Fsp3) is 0.400. The van der Waals surface area contributed by atoms with Gasteiger partial charge in [-0.2, -0.15) is 0 Å². The van der Waals surface area contributed by atoms with E-state index in [0.717, 1.165) is 6.42 Å². The van der Waals surface area contributed by atoms with Crippen molar-refractivity contribution in [1.29, 1.82) is 0 Å². The van der Waals surface area contributed by atoms with Gasteiger partial charge in [-0.1, -0.05) is 44.7 Å². The van der Waals surface area contributed by atoms with Crippen LogP contribution in [0, 0.1) is 16.0 Å². The molecule has 2 N–H and O–H groups in total. The summed E-state index contributed by atoms with van der Waals surface area (Å²) in [6.45, 7) is 3.90. The van der Waals surface area contributed by atoms with Crippen LogP contribution >= 0.6 is 0 Å². The number of rotatable bonds is 6. The normalized spacial score (nSPS) is 14.6. The molecule has 1 heterocycles. The van der Waals surface area contributed by atoms with Crippen molar-refractivity contribution in [3.8, 4) is 5.75 Å². The molecule has 28 heavy (non-hydrogen) atoms. The van der Waals surface area contributed by atoms with E-state index in [0.29, 0.717) is 18.1 Å². The van der Waals surface area contributed by atoms with Crippen LogP contribution in [0.4, 0.5) is 5.69 Å². The van der Waals surface area contributed by atoms with Crippen molar-refractivity contribution < 1.29 is 9.66 Å². The zero-order valence-electron chi connectivity index (χ0n) is 15.5. The number of nitro groups is 1. The number of ether oxygens (including phenoxy) is 1. The van der Waals surface area contributed by atoms with Crippen molar-refractivity contribution in [2.75, 3.05) is 6.61 Å². The number of nitro benzene ring substituents is 1. The summed E-state index contributed by atoms with van der Waals surface area (Å²) < 4.78 is 5.67. The lowest BCUT2D eigenvalue weighted by Crippen LogP contribution is -2.47. The minimum absolute atomic E-state index is 0.0971. The molecule has 0 unspecified atom stereocenters. The Balaban J connectivity index is 1.82. The molecule has 1 aromatic carbocycles. The van der Waals surface area contributed by atoms with Crippen molar-refractivity contribution in [3.05, 3.63) is 65.3 Å². The highest BCUT2D eigenvalue weighted by Crippen LogP contribution is 2.30. The van der Waals surface area contributed by atoms with E-state index in [1.807, 2.05) is 0 Å². The predicted molar refractivity (Wildman–Crippen MR) is 106 cm³/mol. The Kier molecular flexibility index (Phi) is 6.08. The highest BCUT2D eigenvalue weighted by molar-refractivity contribution is 5.58. The zero-order valence-corrected chi connectivity index (χ0v) is 15.5. The molecule has 0 saturated heterocycles. The summed E-state index contributed by atoms with van der Waals surface area (Å²) in [4.78, 5) is 39.6. The van der Waals surface area contributed by atoms with Crippen LogP contribution < -0.4 is 26.6 Å². The van der Waals surface area contributed by atoms with E-state index < -0.39 is 16.0 Å². The molecule has 3 rings (SSSR count). The first-order chi connectivity index (χ1) is 13.4. The van der Waals surface area contributed by atoms with Gasteiger partial charge >= 0.3 is 5.69 Å². The third-order valence-corrected chi connectivity index (χ3v) is 5.02. The van der Waals surface area contributed by atoms with E-state index in [1.165, 1.54) is 50.3 Å². The van der Waals surface area contributed by atoms with E-state index in [1.54, 1.807) is 6.07 Å². The lowest BCUT2D eigenvalue weighted by Gasteiger charge is -2.21. The maximum Gasteiger partial charge on any atom is 0.311 e. The molecule has 0 spiro atoms. The second-order valence-electron chi connectivity index (χ2n) is 7.07. The maximum atomic E-state index is 11.9. The van der Waals surface area contributed by atoms with Gasteiger partial charge < -0.3 is 14.7 Å². The van der Waals surface area contributed by atoms with E-state index in [-0.39, 0.29) is 22.1 Å². The van der Waals surface area contributed by atoms with Crippen molar-refractivity contribution in [2.24, 2.45) is 5.92 Å². The van der Waals surface area contributed by atoms with E-state index in [4.69, 9.17) is 4.74 Å². The molecule has 0 bridgehead atoms. The molecular formula is C20H23N3O5. The van der Waals surface area contributed by atoms with Gasteiger partial charge in [-0.3, -0.25) is 19.7 Å². The molecule has 1 fully saturated rings. The van der Waals surface area contributed by atoms with E-state index in [9.17, 15) is 19.7 Å². The van der Waals surface area contributed by atoms with Crippen LogP contribution in [0.5, 0.6) is 5.75 Å². The SMILES string of the molecule is C=c1[nH]c(=O)c(=Cc2ccc(OCCC3CCCCC3)c([N+](=O)[O-])c2)c(=O)[nH]1. The molecule has 8 heteroatoms. The van der Waals surface area contributed by atoms with E-state index in [2.05, 4.69) is 16.5 Å². The van der Waals surface area contributed by atoms with Crippen LogP contribution in [-0.4, -0.2) is 21.5 Å². The van der Waals surface area contributed by atoms with Gasteiger partial charge in [0.05, 0.1) is 11.5 Å². The number of nitrogens with one attached hydrogen (secondary N) is 2. The van der Waals surface area contributed by atoms with Gasteiger partial charge in [0, 0.05) is 6.07 Å². The highest BCUT2D eigenvalue weighted by atomic mass is 16.6. The van der Waals surface area contributed by atoms with Gasteiger partial charge in [0.25, 0.3) is 11.1 Å². The Hall–Kier alpha value is -3.16. The fourth-order valence-electron chi connectivity index (χ4n) is 3.54. The van der Waals surface area contributed by atoms with Crippen molar-refractivity contribution in [3.63, 3.8) is 0 Å². The third-order valence-electron chi connectivity index (χ3n) is 5.02. The van der Waals surface area contributed by atoms with Gasteiger partial charge in [-0.15, -0.1) is 0 Å². The Morgan fingerprint density at radius 1 is 1.18 bits per heavy atom. The lowest BCUT2D eigenvalue weighted by molar-refractivity contribution is -0.385. The minimum atomic E-state index is -0.607. The Bertz CT molecular complexity index is 1040. The van der Waals surface area contributed by atoms with Crippen LogP contribution in [0.15, 0.2) is 27.8 Å². The first kappa shape index (κ1) is 19.6. The molecule has 0 atom stereocenters. The Labute approximate surface area is 160 Å². The third kappa shape index (κ3) is 4.76. The van der Waals surface area contributed by atoms with Crippen LogP contribution in [0.2, 0.25) is 0 Å². The number of benzene rings is 1. The molecule has 1 aromatic heterocycles. The summed E-state index contributed by atoms with van der Waals surface area (Å²) in [7, 11) is 0. The summed E-state index contributed by atoms with van der Waals surface area (Å²) in [6.07, 6.45) is 8.32. The quantitative estimate of drug-likeness (QED) is 0.578. The molecule has 1 aliphatic carbocycles. The molecule has 0 aliphatic heterocycles. The average Bonchev–Trinajstić information content (AvgIpc) is 2.66. The first-order valence-corrected chi connectivity index (χ1v) is 9.38. The number of aromatic amines is 2. The van der Waals surface area contributed by atoms with Gasteiger partial charge in [0.15, 0.2) is 5.75 Å². The van der Waals surface area contributed by atoms with E-state index >= 15 is 0 Å². The fourth-order valence-corrected chi connectivity index (χ4v) is 3.54. The van der Waals surface area contributed by atoms with Gasteiger partial charge in [-0.05, 0) is 30.0 Å². The van der Waals surface area contributed by atoms with Gasteiger partial charge in [0.1, 0.15) is 10.7 Å². The first-order valence-electron chi connectivity index (χ1n) is 9.38. The van der Waals surface area contributed by atoms with Crippen LogP contribution in [-0.2, 0) is 0 Å². The standard InChI is InChI=1S/C20H23N3O5/c1-13-21-19(24)16(20(25)22-13)11-15-7-8-18(17(12-15)23(26)27)28-10-9-14-5-3-2-4-6-14/h7-8,11-12,14H,1-6,9-10H2,(H,21,24)(H,22,25). The molecule has 0 amide bonds. The molecule has 8 nitrogen and oxygen atoms in total. The van der Waals surface area contributed by atoms with Crippen LogP contribution in [0.3, 0.4) is 0 Å². The van der Waals surface area contributed by atoms with Crippen molar-refractivity contribution >= 4 is 18.3 Å². The van der Waals surface area contributed by atoms with Gasteiger partial charge in [0.2, 0.25) is 0 Å². The summed E-state index contributed by atoms with van der Waals surface area (Å²) >= 11 is 0. The maximum absolute atomic E-state index is 11.9. The molecular weight excluding hydrogens is 362 g/mol. The number of H-pyrrole nitrogens is 2. The topological polar surface area (TPSA) is 118 Å². The second kappa shape index (κ2) is 8.69. The highest BCUT2D eigenvalue weighted by Gasteiger charge is 2.18. The average molecular weight is 385 g/mol. The predicted octanol–water partition coefficient (Wildman–Crippen LogP) is 1.56. The zero-order chi connectivity index (χ0) is 20.1. The molecule has 148 valence electrons. The number of hydrogen-bond donors (Lipinski definition) is 2. The summed E-state index contributed by atoms with van der Waals surface area (Å²) in [5, 5.41) is 11.3. The summed E-state index contributed by atoms with van der Waals surface area (Å²) in [5.74, 6) is 0.809. The molecule has 1 saturated carbocycles.